The molecule has 2 N–H and O–H groups in total. The molecule has 0 radical (unpaired) electrons. The molecule has 2 aromatic rings. The highest BCUT2D eigenvalue weighted by atomic mass is 19.1. The number of hydrogen-bond acceptors (Lipinski definition) is 7. The van der Waals surface area contributed by atoms with E-state index in [1.54, 1.807) is 0 Å². The van der Waals surface area contributed by atoms with E-state index < -0.39 is 18.0 Å². The Hall–Kier alpha value is -3.19. The van der Waals surface area contributed by atoms with Crippen molar-refractivity contribution in [2.45, 2.75) is 12.5 Å². The highest BCUT2D eigenvalue weighted by Crippen LogP contribution is 2.29. The van der Waals surface area contributed by atoms with Crippen LogP contribution in [0.3, 0.4) is 0 Å². The molecule has 136 valence electrons. The fraction of sp³-hybridized carbons (Fsp3) is 0.375. The van der Waals surface area contributed by atoms with Gasteiger partial charge < -0.3 is 19.9 Å². The Morgan fingerprint density at radius 2 is 2.38 bits per heavy atom. The number of carboxylic acid groups (broad SMARTS) is 1. The van der Waals surface area contributed by atoms with Crippen LogP contribution in [0.5, 0.6) is 5.88 Å². The number of hydrogen-bond donors (Lipinski definition) is 2. The number of nitrogens with zero attached hydrogens (tertiary/aromatic N) is 4. The van der Waals surface area contributed by atoms with E-state index in [2.05, 4.69) is 21.5 Å². The summed E-state index contributed by atoms with van der Waals surface area (Å²) in [6.45, 7) is 0.735. The Bertz CT molecular complexity index is 863. The van der Waals surface area contributed by atoms with Gasteiger partial charge in [-0.15, -0.1) is 0 Å². The Kier molecular flexibility index (Phi) is 4.99. The Morgan fingerprint density at radius 3 is 3.08 bits per heavy atom. The first-order valence-corrected chi connectivity index (χ1v) is 7.80. The maximum absolute atomic E-state index is 13.5. The minimum absolute atomic E-state index is 0.0208. The number of nitriles is 1. The van der Waals surface area contributed by atoms with E-state index in [9.17, 15) is 19.6 Å². The molecule has 1 aliphatic rings. The van der Waals surface area contributed by atoms with Gasteiger partial charge in [-0.1, -0.05) is 0 Å². The molecule has 1 unspecified atom stereocenters. The summed E-state index contributed by atoms with van der Waals surface area (Å²) in [5, 5.41) is 25.7. The van der Waals surface area contributed by atoms with Crippen LogP contribution in [0.4, 0.5) is 15.9 Å². The van der Waals surface area contributed by atoms with Gasteiger partial charge in [-0.25, -0.2) is 4.79 Å². The lowest BCUT2D eigenvalue weighted by Gasteiger charge is -2.26. The van der Waals surface area contributed by atoms with E-state index in [1.165, 1.54) is 24.1 Å². The number of halogens is 1. The van der Waals surface area contributed by atoms with Crippen LogP contribution in [-0.2, 0) is 4.74 Å². The first kappa shape index (κ1) is 17.6. The second-order valence-electron chi connectivity index (χ2n) is 5.69. The van der Waals surface area contributed by atoms with Crippen molar-refractivity contribution in [1.82, 2.24) is 14.8 Å². The zero-order valence-corrected chi connectivity index (χ0v) is 13.8. The smallest absolute Gasteiger partial charge is 0.341 e. The van der Waals surface area contributed by atoms with Gasteiger partial charge in [-0.05, 0) is 6.42 Å². The van der Waals surface area contributed by atoms with Gasteiger partial charge in [0, 0.05) is 30.6 Å². The van der Waals surface area contributed by atoms with E-state index in [-0.39, 0.29) is 35.5 Å². The number of aromatic carboxylic acids is 1. The highest BCUT2D eigenvalue weighted by Gasteiger charge is 2.30. The number of rotatable bonds is 5. The lowest BCUT2D eigenvalue weighted by atomic mass is 9.97. The Morgan fingerprint density at radius 1 is 1.58 bits per heavy atom. The average molecular weight is 361 g/mol. The molecule has 1 aliphatic heterocycles. The van der Waals surface area contributed by atoms with Crippen molar-refractivity contribution in [3.63, 3.8) is 0 Å². The largest absolute Gasteiger partial charge is 0.481 e. The second kappa shape index (κ2) is 7.37. The molecule has 0 spiro atoms. The number of aromatic nitrogens is 3. The molecule has 0 aromatic carbocycles. The van der Waals surface area contributed by atoms with Gasteiger partial charge in [0.15, 0.2) is 5.82 Å². The van der Waals surface area contributed by atoms with Crippen LogP contribution in [0.2, 0.25) is 0 Å². The number of nitrogens with one attached hydrogen (secondary N) is 1. The third-order valence-electron chi connectivity index (χ3n) is 4.04. The maximum Gasteiger partial charge on any atom is 0.341 e. The van der Waals surface area contributed by atoms with Crippen LogP contribution >= 0.6 is 0 Å². The van der Waals surface area contributed by atoms with Crippen LogP contribution in [0.15, 0.2) is 18.3 Å². The summed E-state index contributed by atoms with van der Waals surface area (Å²) in [5.41, 5.74) is 0.127. The van der Waals surface area contributed by atoms with Gasteiger partial charge in [0.2, 0.25) is 11.8 Å². The molecular weight excluding hydrogens is 345 g/mol. The molecule has 1 saturated heterocycles. The molecule has 0 amide bonds. The van der Waals surface area contributed by atoms with Crippen LogP contribution in [0.1, 0.15) is 22.8 Å². The van der Waals surface area contributed by atoms with Crippen molar-refractivity contribution in [1.29, 1.82) is 5.26 Å². The summed E-state index contributed by atoms with van der Waals surface area (Å²) in [6.07, 6.45) is 1.88. The average Bonchev–Trinajstić information content (AvgIpc) is 3.05. The first-order valence-electron chi connectivity index (χ1n) is 7.80. The summed E-state index contributed by atoms with van der Waals surface area (Å²) >= 11 is 0. The lowest BCUT2D eigenvalue weighted by Crippen LogP contribution is -2.29. The molecule has 9 nitrogen and oxygen atoms in total. The molecule has 2 aromatic heterocycles. The van der Waals surface area contributed by atoms with E-state index in [1.807, 2.05) is 0 Å². The van der Waals surface area contributed by atoms with E-state index in [0.717, 1.165) is 6.07 Å². The van der Waals surface area contributed by atoms with Gasteiger partial charge >= 0.3 is 5.97 Å². The maximum atomic E-state index is 13.5. The highest BCUT2D eigenvalue weighted by molar-refractivity contribution is 5.93. The quantitative estimate of drug-likeness (QED) is 0.775. The van der Waals surface area contributed by atoms with Crippen LogP contribution in [0.25, 0.3) is 0 Å². The fourth-order valence-electron chi connectivity index (χ4n) is 2.73. The minimum Gasteiger partial charge on any atom is -0.481 e. The summed E-state index contributed by atoms with van der Waals surface area (Å²) in [4.78, 5) is 15.1. The van der Waals surface area contributed by atoms with Gasteiger partial charge in [-0.3, -0.25) is 4.68 Å². The SMILES string of the molecule is COc1cc(Nc2nn([C@H]3COCCC3C#N)cc2C(=O)O)cc(F)n1. The van der Waals surface area contributed by atoms with Crippen molar-refractivity contribution in [2.24, 2.45) is 5.92 Å². The van der Waals surface area contributed by atoms with Crippen molar-refractivity contribution < 1.29 is 23.8 Å². The van der Waals surface area contributed by atoms with Crippen molar-refractivity contribution >= 4 is 17.5 Å². The predicted octanol–water partition coefficient (Wildman–Crippen LogP) is 1.97. The minimum atomic E-state index is -1.20. The molecule has 26 heavy (non-hydrogen) atoms. The number of carboxylic acids is 1. The van der Waals surface area contributed by atoms with Gasteiger partial charge in [-0.2, -0.15) is 19.7 Å². The van der Waals surface area contributed by atoms with Crippen LogP contribution in [0, 0.1) is 23.2 Å². The number of pyridine rings is 1. The molecule has 10 heteroatoms. The number of carbonyl (C=O) groups is 1. The van der Waals surface area contributed by atoms with Gasteiger partial charge in [0.1, 0.15) is 5.56 Å². The number of anilines is 2. The summed E-state index contributed by atoms with van der Waals surface area (Å²) < 4.78 is 25.2. The topological polar surface area (TPSA) is 122 Å². The molecule has 0 saturated carbocycles. The lowest BCUT2D eigenvalue weighted by molar-refractivity contribution is 0.0341. The third-order valence-corrected chi connectivity index (χ3v) is 4.04. The third kappa shape index (κ3) is 3.57. The first-order chi connectivity index (χ1) is 12.5. The summed E-state index contributed by atoms with van der Waals surface area (Å²) in [7, 11) is 1.34. The molecule has 2 atom stereocenters. The van der Waals surface area contributed by atoms with Gasteiger partial charge in [0.05, 0.1) is 31.7 Å². The van der Waals surface area contributed by atoms with Crippen molar-refractivity contribution in [3.8, 4) is 11.9 Å². The fourth-order valence-corrected chi connectivity index (χ4v) is 2.73. The predicted molar refractivity (Wildman–Crippen MR) is 86.8 cm³/mol. The number of methoxy groups -OCH3 is 1. The van der Waals surface area contributed by atoms with Crippen LogP contribution < -0.4 is 10.1 Å². The molecule has 1 fully saturated rings. The van der Waals surface area contributed by atoms with Gasteiger partial charge in [0.25, 0.3) is 0 Å². The van der Waals surface area contributed by atoms with Crippen LogP contribution in [-0.4, -0.2) is 46.2 Å². The molecule has 3 heterocycles. The van der Waals surface area contributed by atoms with Crippen molar-refractivity contribution in [2.75, 3.05) is 25.6 Å². The molecule has 0 aliphatic carbocycles. The summed E-state index contributed by atoms with van der Waals surface area (Å²) in [5.74, 6) is -2.27. The molecule has 0 bridgehead atoms. The van der Waals surface area contributed by atoms with E-state index in [4.69, 9.17) is 9.47 Å². The summed E-state index contributed by atoms with van der Waals surface area (Å²) in [6, 6.07) is 4.31. The zero-order valence-electron chi connectivity index (χ0n) is 13.8. The second-order valence-corrected chi connectivity index (χ2v) is 5.69. The Labute approximate surface area is 148 Å². The monoisotopic (exact) mass is 361 g/mol. The Balaban J connectivity index is 1.94. The zero-order chi connectivity index (χ0) is 18.7. The van der Waals surface area contributed by atoms with E-state index >= 15 is 0 Å². The normalized spacial score (nSPS) is 19.6. The van der Waals surface area contributed by atoms with E-state index in [0.29, 0.717) is 13.0 Å². The molecular formula is C16H16FN5O4. The number of ether oxygens (including phenoxy) is 2. The van der Waals surface area contributed by atoms with Crippen molar-refractivity contribution in [3.05, 3.63) is 29.8 Å². The standard InChI is InChI=1S/C16H16FN5O4/c1-25-14-5-10(4-13(17)20-14)19-15-11(16(23)24)7-22(21-15)12-8-26-3-2-9(12)6-18/h4-5,7,9,12H,2-3,8H2,1H3,(H,23,24)(H,19,20,21)/t9?,12-/m0/s1. The molecule has 3 rings (SSSR count).